The van der Waals surface area contributed by atoms with Gasteiger partial charge in [0.05, 0.1) is 0 Å². The first-order valence-electron chi connectivity index (χ1n) is 4.87. The van der Waals surface area contributed by atoms with Crippen LogP contribution in [0.4, 0.5) is 8.78 Å². The van der Waals surface area contributed by atoms with Crippen molar-refractivity contribution in [3.8, 4) is 0 Å². The quantitative estimate of drug-likeness (QED) is 0.718. The van der Waals surface area contributed by atoms with Crippen LogP contribution >= 0.6 is 11.8 Å². The molecule has 16 heavy (non-hydrogen) atoms. The summed E-state index contributed by atoms with van der Waals surface area (Å²) in [7, 11) is 0. The second kappa shape index (κ2) is 5.12. The molecule has 0 N–H and O–H groups in total. The first-order chi connectivity index (χ1) is 7.74. The minimum atomic E-state index is -0.230. The largest absolute Gasteiger partial charge is 0.207 e. The molecule has 0 aliphatic heterocycles. The van der Waals surface area contributed by atoms with E-state index in [9.17, 15) is 8.78 Å². The molecule has 2 rings (SSSR count). The monoisotopic (exact) mass is 236 g/mol. The zero-order chi connectivity index (χ0) is 11.4. The van der Waals surface area contributed by atoms with Gasteiger partial charge >= 0.3 is 0 Å². The van der Waals surface area contributed by atoms with Crippen molar-refractivity contribution in [3.05, 3.63) is 65.7 Å². The van der Waals surface area contributed by atoms with E-state index in [1.165, 1.54) is 24.3 Å². The molecule has 0 aromatic heterocycles. The Labute approximate surface area is 97.3 Å². The molecular weight excluding hydrogens is 226 g/mol. The van der Waals surface area contributed by atoms with Gasteiger partial charge in [-0.25, -0.2) is 8.78 Å². The summed E-state index contributed by atoms with van der Waals surface area (Å²) in [6.07, 6.45) is 0. The van der Waals surface area contributed by atoms with Gasteiger partial charge in [-0.05, 0) is 42.0 Å². The second-order valence-corrected chi connectivity index (χ2v) is 4.42. The molecule has 0 spiro atoms. The van der Waals surface area contributed by atoms with Gasteiger partial charge < -0.3 is 0 Å². The van der Waals surface area contributed by atoms with Crippen LogP contribution in [0.25, 0.3) is 0 Å². The van der Waals surface area contributed by atoms with Crippen LogP contribution < -0.4 is 0 Å². The lowest BCUT2D eigenvalue weighted by atomic mass is 10.2. The fourth-order valence-corrected chi connectivity index (χ4v) is 2.13. The average Bonchev–Trinajstić information content (AvgIpc) is 2.30. The van der Waals surface area contributed by atoms with Crippen LogP contribution in [0.1, 0.15) is 5.56 Å². The molecule has 0 fully saturated rings. The molecule has 2 aromatic rings. The summed E-state index contributed by atoms with van der Waals surface area (Å²) in [4.78, 5) is 1.01. The fraction of sp³-hybridized carbons (Fsp3) is 0.0769. The van der Waals surface area contributed by atoms with Gasteiger partial charge in [0.25, 0.3) is 0 Å². The van der Waals surface area contributed by atoms with E-state index in [2.05, 4.69) is 0 Å². The SMILES string of the molecule is Fc1ccc(CSc2ccc(F)cc2)cc1. The number of rotatable bonds is 3. The molecule has 0 nitrogen and oxygen atoms in total. The molecule has 0 aliphatic rings. The molecule has 0 saturated heterocycles. The highest BCUT2D eigenvalue weighted by Crippen LogP contribution is 2.22. The Kier molecular flexibility index (Phi) is 3.57. The maximum absolute atomic E-state index is 12.6. The van der Waals surface area contributed by atoms with Crippen molar-refractivity contribution >= 4 is 11.8 Å². The molecule has 82 valence electrons. The molecule has 0 saturated carbocycles. The van der Waals surface area contributed by atoms with Crippen molar-refractivity contribution < 1.29 is 8.78 Å². The third-order valence-corrected chi connectivity index (χ3v) is 3.22. The lowest BCUT2D eigenvalue weighted by Crippen LogP contribution is -1.81. The summed E-state index contributed by atoms with van der Waals surface area (Å²) < 4.78 is 25.3. The Bertz CT molecular complexity index is 403. The number of hydrogen-bond acceptors (Lipinski definition) is 1. The molecule has 0 bridgehead atoms. The fourth-order valence-electron chi connectivity index (χ4n) is 1.28. The number of halogens is 2. The van der Waals surface area contributed by atoms with Crippen molar-refractivity contribution in [1.29, 1.82) is 0 Å². The second-order valence-electron chi connectivity index (χ2n) is 3.37. The van der Waals surface area contributed by atoms with Crippen molar-refractivity contribution in [3.63, 3.8) is 0 Å². The molecule has 0 amide bonds. The first-order valence-corrected chi connectivity index (χ1v) is 5.85. The van der Waals surface area contributed by atoms with Crippen LogP contribution in [0, 0.1) is 11.6 Å². The van der Waals surface area contributed by atoms with Crippen molar-refractivity contribution in [2.24, 2.45) is 0 Å². The molecule has 0 unspecified atom stereocenters. The summed E-state index contributed by atoms with van der Waals surface area (Å²) in [6.45, 7) is 0. The normalized spacial score (nSPS) is 10.4. The van der Waals surface area contributed by atoms with E-state index in [1.54, 1.807) is 36.0 Å². The number of hydrogen-bond donors (Lipinski definition) is 0. The van der Waals surface area contributed by atoms with E-state index in [-0.39, 0.29) is 11.6 Å². The van der Waals surface area contributed by atoms with Crippen molar-refractivity contribution in [2.45, 2.75) is 10.6 Å². The average molecular weight is 236 g/mol. The van der Waals surface area contributed by atoms with Crippen LogP contribution in [0.15, 0.2) is 53.4 Å². The molecule has 0 heterocycles. The smallest absolute Gasteiger partial charge is 0.123 e. The van der Waals surface area contributed by atoms with Crippen LogP contribution in [0.2, 0.25) is 0 Å². The van der Waals surface area contributed by atoms with E-state index in [0.717, 1.165) is 16.2 Å². The molecule has 0 radical (unpaired) electrons. The summed E-state index contributed by atoms with van der Waals surface area (Å²) in [5.41, 5.74) is 1.05. The maximum Gasteiger partial charge on any atom is 0.123 e. The molecule has 3 heteroatoms. The van der Waals surface area contributed by atoms with Crippen LogP contribution in [-0.2, 0) is 5.75 Å². The summed E-state index contributed by atoms with van der Waals surface area (Å²) in [6, 6.07) is 12.8. The predicted molar refractivity (Wildman–Crippen MR) is 62.4 cm³/mol. The van der Waals surface area contributed by atoms with E-state index in [4.69, 9.17) is 0 Å². The molecule has 2 aromatic carbocycles. The Morgan fingerprint density at radius 2 is 1.25 bits per heavy atom. The molecule has 0 atom stereocenters. The standard InChI is InChI=1S/C13H10F2S/c14-11-3-1-10(2-4-11)9-16-13-7-5-12(15)6-8-13/h1-8H,9H2. The van der Waals surface area contributed by atoms with Crippen LogP contribution in [0.5, 0.6) is 0 Å². The zero-order valence-electron chi connectivity index (χ0n) is 8.49. The van der Waals surface area contributed by atoms with Gasteiger partial charge in [-0.1, -0.05) is 12.1 Å². The summed E-state index contributed by atoms with van der Waals surface area (Å²) >= 11 is 1.60. The van der Waals surface area contributed by atoms with Crippen molar-refractivity contribution in [2.75, 3.05) is 0 Å². The predicted octanol–water partition coefficient (Wildman–Crippen LogP) is 4.26. The van der Waals surface area contributed by atoms with Crippen LogP contribution in [0.3, 0.4) is 0 Å². The van der Waals surface area contributed by atoms with Crippen molar-refractivity contribution in [1.82, 2.24) is 0 Å². The van der Waals surface area contributed by atoms with Gasteiger partial charge in [-0.15, -0.1) is 11.8 Å². The van der Waals surface area contributed by atoms with Gasteiger partial charge in [0, 0.05) is 10.6 Å². The first kappa shape index (κ1) is 11.1. The lowest BCUT2D eigenvalue weighted by Gasteiger charge is -2.01. The third kappa shape index (κ3) is 3.07. The van der Waals surface area contributed by atoms with Gasteiger partial charge in [-0.3, -0.25) is 0 Å². The van der Waals surface area contributed by atoms with Gasteiger partial charge in [0.1, 0.15) is 11.6 Å². The van der Waals surface area contributed by atoms with E-state index < -0.39 is 0 Å². The minimum absolute atomic E-state index is 0.226. The highest BCUT2D eigenvalue weighted by molar-refractivity contribution is 7.98. The summed E-state index contributed by atoms with van der Waals surface area (Å²) in [5, 5.41) is 0. The number of benzene rings is 2. The minimum Gasteiger partial charge on any atom is -0.207 e. The van der Waals surface area contributed by atoms with Gasteiger partial charge in [0.15, 0.2) is 0 Å². The number of thioether (sulfide) groups is 1. The summed E-state index contributed by atoms with van der Waals surface area (Å²) in [5.74, 6) is 0.299. The maximum atomic E-state index is 12.6. The highest BCUT2D eigenvalue weighted by atomic mass is 32.2. The van der Waals surface area contributed by atoms with E-state index >= 15 is 0 Å². The molecule has 0 aliphatic carbocycles. The lowest BCUT2D eigenvalue weighted by molar-refractivity contribution is 0.626. The Hall–Kier alpha value is -1.35. The van der Waals surface area contributed by atoms with E-state index in [1.807, 2.05) is 0 Å². The molecular formula is C13H10F2S. The topological polar surface area (TPSA) is 0 Å². The Morgan fingerprint density at radius 1 is 0.750 bits per heavy atom. The highest BCUT2D eigenvalue weighted by Gasteiger charge is 1.97. The third-order valence-electron chi connectivity index (χ3n) is 2.13. The van der Waals surface area contributed by atoms with E-state index in [0.29, 0.717) is 0 Å². The van der Waals surface area contributed by atoms with Gasteiger partial charge in [0.2, 0.25) is 0 Å². The Balaban J connectivity index is 1.97. The Morgan fingerprint density at radius 3 is 1.81 bits per heavy atom. The van der Waals surface area contributed by atoms with Crippen LogP contribution in [-0.4, -0.2) is 0 Å². The zero-order valence-corrected chi connectivity index (χ0v) is 9.31. The van der Waals surface area contributed by atoms with Gasteiger partial charge in [-0.2, -0.15) is 0 Å².